The van der Waals surface area contributed by atoms with Crippen molar-refractivity contribution in [3.8, 4) is 0 Å². The average molecular weight is 667 g/mol. The molecule has 1 aliphatic rings. The molecule has 0 saturated carbocycles. The van der Waals surface area contributed by atoms with Gasteiger partial charge in [-0.2, -0.15) is 4.72 Å². The molecule has 1 unspecified atom stereocenters. The number of rotatable bonds is 14. The van der Waals surface area contributed by atoms with Crippen LogP contribution < -0.4 is 20.7 Å². The Labute approximate surface area is 275 Å². The first-order valence-corrected chi connectivity index (χ1v) is 16.8. The number of anilines is 1. The van der Waals surface area contributed by atoms with Crippen molar-refractivity contribution in [3.05, 3.63) is 88.6 Å². The monoisotopic (exact) mass is 666 g/mol. The van der Waals surface area contributed by atoms with Crippen LogP contribution >= 0.6 is 0 Å². The van der Waals surface area contributed by atoms with E-state index in [1.807, 2.05) is 50.2 Å². The smallest absolute Gasteiger partial charge is 0.323 e. The van der Waals surface area contributed by atoms with E-state index < -0.39 is 47.2 Å². The van der Waals surface area contributed by atoms with E-state index >= 15 is 0 Å². The molecule has 1 fully saturated rings. The van der Waals surface area contributed by atoms with Crippen molar-refractivity contribution >= 4 is 33.7 Å². The van der Waals surface area contributed by atoms with Gasteiger partial charge in [0.1, 0.15) is 18.5 Å². The van der Waals surface area contributed by atoms with Crippen molar-refractivity contribution in [2.24, 2.45) is 0 Å². The molecule has 4 rings (SSSR count). The van der Waals surface area contributed by atoms with Crippen LogP contribution in [0.25, 0.3) is 0 Å². The Kier molecular flexibility index (Phi) is 11.9. The third-order valence-electron chi connectivity index (χ3n) is 7.77. The number of carbonyl (C=O) groups excluding carboxylic acids is 2. The highest BCUT2D eigenvalue weighted by Gasteiger charge is 2.36. The molecule has 1 saturated heterocycles. The molecule has 1 aliphatic heterocycles. The van der Waals surface area contributed by atoms with Crippen LogP contribution in [0.3, 0.4) is 0 Å². The fraction of sp³-hybridized carbons (Fsp3) is 0.394. The number of nitrogens with zero attached hydrogens (tertiary/aromatic N) is 2. The fourth-order valence-corrected chi connectivity index (χ4v) is 7.35. The Hall–Kier alpha value is -4.53. The number of hydrogen-bond acceptors (Lipinski definition) is 8. The third kappa shape index (κ3) is 9.98. The largest absolute Gasteiger partial charge is 0.480 e. The number of aromatic nitrogens is 1. The summed E-state index contributed by atoms with van der Waals surface area (Å²) in [4.78, 5) is 43.8. The minimum absolute atomic E-state index is 0.00445. The van der Waals surface area contributed by atoms with Gasteiger partial charge in [0.15, 0.2) is 0 Å². The van der Waals surface area contributed by atoms with Gasteiger partial charge in [0.2, 0.25) is 15.9 Å². The lowest BCUT2D eigenvalue weighted by Gasteiger charge is -2.25. The summed E-state index contributed by atoms with van der Waals surface area (Å²) in [5.74, 6) is -1.40. The molecule has 0 bridgehead atoms. The van der Waals surface area contributed by atoms with E-state index in [4.69, 9.17) is 4.74 Å². The Morgan fingerprint density at radius 1 is 1.00 bits per heavy atom. The van der Waals surface area contributed by atoms with Crippen LogP contribution in [0.1, 0.15) is 34.2 Å². The Morgan fingerprint density at radius 3 is 2.40 bits per heavy atom. The number of aryl methyl sites for hydroxylation is 4. The lowest BCUT2D eigenvalue weighted by atomic mass is 10.1. The summed E-state index contributed by atoms with van der Waals surface area (Å²) < 4.78 is 34.2. The first kappa shape index (κ1) is 35.3. The predicted octanol–water partition coefficient (Wildman–Crippen LogP) is 2.64. The number of pyridine rings is 1. The van der Waals surface area contributed by atoms with Gasteiger partial charge in [0.05, 0.1) is 17.0 Å². The number of carboxylic acids is 1. The van der Waals surface area contributed by atoms with Gasteiger partial charge < -0.3 is 30.7 Å². The van der Waals surface area contributed by atoms with Crippen molar-refractivity contribution in [2.75, 3.05) is 31.6 Å². The number of benzene rings is 2. The summed E-state index contributed by atoms with van der Waals surface area (Å²) in [5, 5.41) is 18.3. The second-order valence-corrected chi connectivity index (χ2v) is 13.4. The lowest BCUT2D eigenvalue weighted by Crippen LogP contribution is -2.49. The number of likely N-dealkylation sites (tertiary alicyclic amines) is 1. The number of hydrogen-bond donors (Lipinski definition) is 5. The minimum Gasteiger partial charge on any atom is -0.480 e. The first-order valence-electron chi connectivity index (χ1n) is 15.3. The van der Waals surface area contributed by atoms with Crippen molar-refractivity contribution in [1.29, 1.82) is 0 Å². The Morgan fingerprint density at radius 2 is 1.74 bits per heavy atom. The van der Waals surface area contributed by atoms with Gasteiger partial charge in [-0.1, -0.05) is 53.6 Å². The normalized spacial score (nSPS) is 16.8. The maximum Gasteiger partial charge on any atom is 0.323 e. The molecule has 14 heteroatoms. The minimum atomic E-state index is -4.19. The van der Waals surface area contributed by atoms with Crippen LogP contribution in [0.15, 0.2) is 65.7 Å². The molecule has 3 aromatic rings. The van der Waals surface area contributed by atoms with E-state index in [-0.39, 0.29) is 23.5 Å². The quantitative estimate of drug-likeness (QED) is 0.173. The number of ether oxygens (including phenoxy) is 1. The lowest BCUT2D eigenvalue weighted by molar-refractivity contribution is -0.139. The molecule has 252 valence electrons. The number of carbonyl (C=O) groups is 3. The summed E-state index contributed by atoms with van der Waals surface area (Å²) in [6, 6.07) is 14.6. The van der Waals surface area contributed by atoms with Crippen molar-refractivity contribution in [2.45, 2.75) is 63.7 Å². The molecular formula is C33H42N6O7S. The van der Waals surface area contributed by atoms with Gasteiger partial charge in [-0.05, 0) is 62.9 Å². The van der Waals surface area contributed by atoms with Crippen LogP contribution in [0.2, 0.25) is 0 Å². The average Bonchev–Trinajstić information content (AvgIpc) is 3.42. The highest BCUT2D eigenvalue weighted by Crippen LogP contribution is 2.23. The summed E-state index contributed by atoms with van der Waals surface area (Å²) in [6.07, 6.45) is 1.64. The number of aliphatic carboxylic acids is 1. The second kappa shape index (κ2) is 15.8. The van der Waals surface area contributed by atoms with Gasteiger partial charge in [-0.3, -0.25) is 9.59 Å². The highest BCUT2D eigenvalue weighted by atomic mass is 32.2. The molecule has 3 atom stereocenters. The molecule has 5 N–H and O–H groups in total. The van der Waals surface area contributed by atoms with E-state index in [1.165, 1.54) is 0 Å². The highest BCUT2D eigenvalue weighted by molar-refractivity contribution is 7.89. The number of amides is 3. The number of nitrogens with one attached hydrogen (secondary N) is 4. The van der Waals surface area contributed by atoms with Crippen molar-refractivity contribution < 1.29 is 32.6 Å². The molecule has 47 heavy (non-hydrogen) atoms. The maximum absolute atomic E-state index is 13.3. The van der Waals surface area contributed by atoms with E-state index in [0.717, 1.165) is 16.7 Å². The van der Waals surface area contributed by atoms with Gasteiger partial charge in [0, 0.05) is 32.4 Å². The van der Waals surface area contributed by atoms with Gasteiger partial charge >= 0.3 is 12.0 Å². The Bertz CT molecular complexity index is 1660. The summed E-state index contributed by atoms with van der Waals surface area (Å²) in [6.45, 7) is 7.19. The zero-order valence-corrected chi connectivity index (χ0v) is 27.8. The molecule has 2 heterocycles. The number of carboxylic acid groups (broad SMARTS) is 1. The fourth-order valence-electron chi connectivity index (χ4n) is 5.70. The molecule has 0 spiro atoms. The summed E-state index contributed by atoms with van der Waals surface area (Å²) in [7, 11) is -4.19. The maximum atomic E-state index is 13.3. The van der Waals surface area contributed by atoms with Gasteiger partial charge in [-0.15, -0.1) is 0 Å². The summed E-state index contributed by atoms with van der Waals surface area (Å²) >= 11 is 0. The number of sulfonamides is 1. The Balaban J connectivity index is 1.33. The van der Waals surface area contributed by atoms with E-state index in [2.05, 4.69) is 25.7 Å². The SMILES string of the molecule is Cc1cccc(CNC(=O)N2CC(OCC(=O)NC[C@H](NS(=O)(=O)c3c(C)cc(C)cc3C)C(=O)O)C[C@H]2CNc2ccccn2)c1. The zero-order valence-electron chi connectivity index (χ0n) is 26.9. The van der Waals surface area contributed by atoms with Crippen LogP contribution in [-0.4, -0.2) is 85.7 Å². The van der Waals surface area contributed by atoms with Crippen LogP contribution in [0, 0.1) is 27.7 Å². The second-order valence-electron chi connectivity index (χ2n) is 11.8. The standard InChI is InChI=1S/C33H42N6O7S/c1-21-8-7-9-25(14-21)16-37-33(43)39-19-27(15-26(39)17-35-29-10-5-6-11-34-29)46-20-30(40)36-18-28(32(41)42)38-47(44,45)31-23(3)12-22(2)13-24(31)4/h5-14,26-28,38H,15-20H2,1-4H3,(H,34,35)(H,36,40)(H,37,43)(H,41,42)/t26-,27?,28-/m0/s1. The molecule has 2 aromatic carbocycles. The van der Waals surface area contributed by atoms with Crippen LogP contribution in [-0.2, 0) is 30.9 Å². The van der Waals surface area contributed by atoms with Gasteiger partial charge in [-0.25, -0.2) is 18.2 Å². The zero-order chi connectivity index (χ0) is 34.1. The van der Waals surface area contributed by atoms with E-state index in [1.54, 1.807) is 43.1 Å². The number of urea groups is 1. The van der Waals surface area contributed by atoms with Crippen molar-refractivity contribution in [3.63, 3.8) is 0 Å². The molecule has 13 nitrogen and oxygen atoms in total. The molecule has 3 amide bonds. The molecular weight excluding hydrogens is 624 g/mol. The first-order chi connectivity index (χ1) is 22.3. The van der Waals surface area contributed by atoms with Crippen molar-refractivity contribution in [1.82, 2.24) is 25.2 Å². The van der Waals surface area contributed by atoms with E-state index in [9.17, 15) is 27.9 Å². The molecule has 1 aromatic heterocycles. The molecule has 0 radical (unpaired) electrons. The summed E-state index contributed by atoms with van der Waals surface area (Å²) in [5.41, 5.74) is 3.91. The van der Waals surface area contributed by atoms with E-state index in [0.29, 0.717) is 36.5 Å². The predicted molar refractivity (Wildman–Crippen MR) is 176 cm³/mol. The molecule has 0 aliphatic carbocycles. The van der Waals surface area contributed by atoms with Crippen LogP contribution in [0.4, 0.5) is 10.6 Å². The van der Waals surface area contributed by atoms with Crippen LogP contribution in [0.5, 0.6) is 0 Å². The van der Waals surface area contributed by atoms with Gasteiger partial charge in [0.25, 0.3) is 0 Å². The third-order valence-corrected chi connectivity index (χ3v) is 9.55. The topological polar surface area (TPSA) is 179 Å².